The largest absolute Gasteiger partial charge is 0.497 e. The summed E-state index contributed by atoms with van der Waals surface area (Å²) >= 11 is 2.18. The number of ether oxygens (including phenoxy) is 1. The molecule has 1 aromatic heterocycles. The number of rotatable bonds is 7. The summed E-state index contributed by atoms with van der Waals surface area (Å²) in [6.07, 6.45) is 0.139. The monoisotopic (exact) mass is 505 g/mol. The van der Waals surface area contributed by atoms with Gasteiger partial charge in [0.2, 0.25) is 0 Å². The van der Waals surface area contributed by atoms with Gasteiger partial charge in [0, 0.05) is 34.8 Å². The first kappa shape index (κ1) is 21.0. The summed E-state index contributed by atoms with van der Waals surface area (Å²) in [5, 5.41) is 16.7. The van der Waals surface area contributed by atoms with Gasteiger partial charge >= 0.3 is 0 Å². The third kappa shape index (κ3) is 4.65. The van der Waals surface area contributed by atoms with Crippen molar-refractivity contribution < 1.29 is 19.4 Å². The summed E-state index contributed by atoms with van der Waals surface area (Å²) in [4.78, 5) is 25.3. The maximum absolute atomic E-state index is 13.2. The molecule has 0 unspecified atom stereocenters. The first-order chi connectivity index (χ1) is 13.9. The highest BCUT2D eigenvalue weighted by atomic mass is 127. The van der Waals surface area contributed by atoms with E-state index in [1.807, 2.05) is 12.1 Å². The van der Waals surface area contributed by atoms with Gasteiger partial charge in [-0.05, 0) is 71.1 Å². The molecule has 0 saturated carbocycles. The molecular formula is C21H20IN3O4. The zero-order chi connectivity index (χ0) is 21.0. The number of anilines is 1. The fourth-order valence-corrected chi connectivity index (χ4v) is 3.31. The average Bonchev–Trinajstić information content (AvgIpc) is 3.10. The third-order valence-corrected chi connectivity index (χ3v) is 5.03. The minimum atomic E-state index is -0.412. The number of Topliss-reactive ketones (excluding diaryl/α,β-unsaturated/α-hetero) is 1. The van der Waals surface area contributed by atoms with Crippen LogP contribution in [0.15, 0.2) is 48.5 Å². The van der Waals surface area contributed by atoms with E-state index in [1.54, 1.807) is 43.5 Å². The number of methoxy groups -OCH3 is 1. The van der Waals surface area contributed by atoms with Crippen LogP contribution in [0.1, 0.15) is 33.5 Å². The molecule has 0 bridgehead atoms. The third-order valence-electron chi connectivity index (χ3n) is 4.31. The van der Waals surface area contributed by atoms with Gasteiger partial charge in [-0.1, -0.05) is 0 Å². The lowest BCUT2D eigenvalue weighted by molar-refractivity contribution is 0.100. The molecule has 0 radical (unpaired) electrons. The smallest absolute Gasteiger partial charge is 0.274 e. The lowest BCUT2D eigenvalue weighted by Crippen LogP contribution is -2.19. The minimum absolute atomic E-state index is 0.139. The van der Waals surface area contributed by atoms with E-state index in [0.717, 1.165) is 3.57 Å². The number of nitrogens with zero attached hydrogens (tertiary/aromatic N) is 2. The second-order valence-corrected chi connectivity index (χ2v) is 7.52. The summed E-state index contributed by atoms with van der Waals surface area (Å²) < 4.78 is 7.66. The fraction of sp³-hybridized carbons (Fsp3) is 0.190. The fourth-order valence-electron chi connectivity index (χ4n) is 2.95. The molecule has 0 atom stereocenters. The molecule has 7 nitrogen and oxygen atoms in total. The number of aliphatic hydroxyl groups is 1. The van der Waals surface area contributed by atoms with E-state index in [0.29, 0.717) is 22.7 Å². The van der Waals surface area contributed by atoms with E-state index >= 15 is 0 Å². The maximum Gasteiger partial charge on any atom is 0.274 e. The van der Waals surface area contributed by atoms with Crippen LogP contribution in [0, 0.1) is 3.57 Å². The molecule has 0 aliphatic heterocycles. The van der Waals surface area contributed by atoms with Crippen molar-refractivity contribution in [3.63, 3.8) is 0 Å². The number of halogens is 1. The molecule has 0 fully saturated rings. The van der Waals surface area contributed by atoms with Crippen molar-refractivity contribution in [2.24, 2.45) is 0 Å². The quantitative estimate of drug-likeness (QED) is 0.379. The molecule has 29 heavy (non-hydrogen) atoms. The van der Waals surface area contributed by atoms with Gasteiger partial charge in [-0.3, -0.25) is 9.59 Å². The van der Waals surface area contributed by atoms with E-state index in [2.05, 4.69) is 33.0 Å². The maximum atomic E-state index is 13.2. The van der Waals surface area contributed by atoms with Crippen LogP contribution < -0.4 is 10.1 Å². The highest BCUT2D eigenvalue weighted by Gasteiger charge is 2.26. The molecule has 3 rings (SSSR count). The summed E-state index contributed by atoms with van der Waals surface area (Å²) in [7, 11) is 1.57. The molecule has 0 saturated heterocycles. The average molecular weight is 505 g/mol. The summed E-state index contributed by atoms with van der Waals surface area (Å²) in [5.74, 6) is -0.0253. The molecule has 0 spiro atoms. The topological polar surface area (TPSA) is 93.5 Å². The lowest BCUT2D eigenvalue weighted by Gasteiger charge is -2.11. The number of ketones is 1. The van der Waals surface area contributed by atoms with Crippen LogP contribution in [0.2, 0.25) is 0 Å². The zero-order valence-corrected chi connectivity index (χ0v) is 18.1. The summed E-state index contributed by atoms with van der Waals surface area (Å²) in [6.45, 7) is 1.18. The minimum Gasteiger partial charge on any atom is -0.497 e. The number of aliphatic hydroxyl groups excluding tert-OH is 1. The van der Waals surface area contributed by atoms with Gasteiger partial charge in [0.15, 0.2) is 5.78 Å². The van der Waals surface area contributed by atoms with Gasteiger partial charge in [-0.15, -0.1) is 0 Å². The van der Waals surface area contributed by atoms with Crippen molar-refractivity contribution in [3.05, 3.63) is 69.1 Å². The molecule has 2 N–H and O–H groups in total. The van der Waals surface area contributed by atoms with Crippen LogP contribution in [0.25, 0.3) is 5.69 Å². The molecule has 2 aromatic carbocycles. The summed E-state index contributed by atoms with van der Waals surface area (Å²) in [5.41, 5.74) is 2.02. The van der Waals surface area contributed by atoms with Gasteiger partial charge in [-0.2, -0.15) is 5.10 Å². The van der Waals surface area contributed by atoms with Crippen molar-refractivity contribution in [2.45, 2.75) is 13.3 Å². The molecule has 3 aromatic rings. The van der Waals surface area contributed by atoms with Gasteiger partial charge in [0.25, 0.3) is 5.91 Å². The standard InChI is InChI=1S/C21H20IN3O4/c1-13(27)19-18(11-12-26)20(21(28)23-15-5-3-14(22)4-6-15)25(24-19)16-7-9-17(29-2)10-8-16/h3-10,26H,11-12H2,1-2H3,(H,23,28). The predicted molar refractivity (Wildman–Crippen MR) is 118 cm³/mol. The first-order valence-corrected chi connectivity index (χ1v) is 9.97. The second kappa shape index (κ2) is 9.19. The SMILES string of the molecule is COc1ccc(-n2nc(C(C)=O)c(CCO)c2C(=O)Nc2ccc(I)cc2)cc1. The number of amides is 1. The Labute approximate surface area is 181 Å². The van der Waals surface area contributed by atoms with E-state index in [1.165, 1.54) is 11.6 Å². The van der Waals surface area contributed by atoms with Crippen LogP contribution in [0.3, 0.4) is 0 Å². The summed E-state index contributed by atoms with van der Waals surface area (Å²) in [6, 6.07) is 14.4. The van der Waals surface area contributed by atoms with Gasteiger partial charge < -0.3 is 15.2 Å². The number of hydrogen-bond acceptors (Lipinski definition) is 5. The van der Waals surface area contributed by atoms with E-state index in [-0.39, 0.29) is 30.2 Å². The van der Waals surface area contributed by atoms with Crippen molar-refractivity contribution in [1.82, 2.24) is 9.78 Å². The first-order valence-electron chi connectivity index (χ1n) is 8.89. The van der Waals surface area contributed by atoms with Crippen LogP contribution in [0.5, 0.6) is 5.75 Å². The molecule has 1 heterocycles. The molecule has 0 aliphatic carbocycles. The van der Waals surface area contributed by atoms with E-state index in [4.69, 9.17) is 4.74 Å². The number of nitrogens with one attached hydrogen (secondary N) is 1. The molecular weight excluding hydrogens is 485 g/mol. The zero-order valence-electron chi connectivity index (χ0n) is 16.0. The second-order valence-electron chi connectivity index (χ2n) is 6.28. The Kier molecular flexibility index (Phi) is 6.65. The highest BCUT2D eigenvalue weighted by Crippen LogP contribution is 2.24. The Morgan fingerprint density at radius 1 is 1.14 bits per heavy atom. The van der Waals surface area contributed by atoms with E-state index in [9.17, 15) is 14.7 Å². The van der Waals surface area contributed by atoms with Crippen molar-refractivity contribution in [3.8, 4) is 11.4 Å². The Morgan fingerprint density at radius 3 is 2.34 bits per heavy atom. The number of aromatic nitrogens is 2. The van der Waals surface area contributed by atoms with Gasteiger partial charge in [0.1, 0.15) is 17.1 Å². The highest BCUT2D eigenvalue weighted by molar-refractivity contribution is 14.1. The van der Waals surface area contributed by atoms with Gasteiger partial charge in [-0.25, -0.2) is 4.68 Å². The number of carbonyl (C=O) groups is 2. The van der Waals surface area contributed by atoms with Crippen LogP contribution in [-0.4, -0.2) is 40.3 Å². The van der Waals surface area contributed by atoms with Crippen molar-refractivity contribution >= 4 is 40.0 Å². The Hall–Kier alpha value is -2.72. The predicted octanol–water partition coefficient (Wildman–Crippen LogP) is 3.48. The van der Waals surface area contributed by atoms with Crippen molar-refractivity contribution in [1.29, 1.82) is 0 Å². The molecule has 0 aliphatic rings. The van der Waals surface area contributed by atoms with Gasteiger partial charge in [0.05, 0.1) is 12.8 Å². The number of benzene rings is 2. The Morgan fingerprint density at radius 2 is 1.79 bits per heavy atom. The van der Waals surface area contributed by atoms with Crippen LogP contribution >= 0.6 is 22.6 Å². The van der Waals surface area contributed by atoms with Crippen LogP contribution in [-0.2, 0) is 6.42 Å². The number of hydrogen-bond donors (Lipinski definition) is 2. The Bertz CT molecular complexity index is 1030. The normalized spacial score (nSPS) is 10.6. The lowest BCUT2D eigenvalue weighted by atomic mass is 10.1. The van der Waals surface area contributed by atoms with E-state index < -0.39 is 5.91 Å². The van der Waals surface area contributed by atoms with Crippen LogP contribution in [0.4, 0.5) is 5.69 Å². The number of carbonyl (C=O) groups excluding carboxylic acids is 2. The molecule has 150 valence electrons. The van der Waals surface area contributed by atoms with Crippen molar-refractivity contribution in [2.75, 3.05) is 19.0 Å². The molecule has 8 heteroatoms. The Balaban J connectivity index is 2.11. The molecule has 1 amide bonds.